The molecule has 46 valence electrons. The third-order valence-corrected chi connectivity index (χ3v) is 0.917. The van der Waals surface area contributed by atoms with Crippen molar-refractivity contribution >= 4 is 6.21 Å². The van der Waals surface area contributed by atoms with Crippen molar-refractivity contribution in [2.75, 3.05) is 0 Å². The Kier molecular flexibility index (Phi) is 1.85. The van der Waals surface area contributed by atoms with E-state index in [1.54, 1.807) is 12.4 Å². The first-order chi connectivity index (χ1) is 4.39. The maximum absolute atomic E-state index is 3.78. The zero-order chi connectivity index (χ0) is 6.53. The molecular weight excluding hydrogens is 112 g/mol. The van der Waals surface area contributed by atoms with Gasteiger partial charge in [0.25, 0.3) is 0 Å². The normalized spacial score (nSPS) is 27.3. The lowest BCUT2D eigenvalue weighted by atomic mass is 10.3. The second kappa shape index (κ2) is 2.87. The number of hydrazone groups is 1. The highest BCUT2D eigenvalue weighted by Crippen LogP contribution is 1.93. The van der Waals surface area contributed by atoms with Crippen LogP contribution >= 0.6 is 0 Å². The lowest BCUT2D eigenvalue weighted by Gasteiger charge is -1.92. The molecule has 0 aromatic carbocycles. The Morgan fingerprint density at radius 1 is 1.44 bits per heavy atom. The molecule has 0 fully saturated rings. The first kappa shape index (κ1) is 5.82. The van der Waals surface area contributed by atoms with Crippen molar-refractivity contribution in [3.63, 3.8) is 0 Å². The van der Waals surface area contributed by atoms with Crippen LogP contribution in [0.25, 0.3) is 0 Å². The Balaban J connectivity index is 2.72. The van der Waals surface area contributed by atoms with E-state index in [0.29, 0.717) is 0 Å². The first-order valence-electron chi connectivity index (χ1n) is 2.70. The maximum atomic E-state index is 3.78. The van der Waals surface area contributed by atoms with Crippen LogP contribution in [0.4, 0.5) is 0 Å². The molecule has 2 nitrogen and oxygen atoms in total. The summed E-state index contributed by atoms with van der Waals surface area (Å²) in [5.41, 5.74) is 3.66. The van der Waals surface area contributed by atoms with Gasteiger partial charge in [-0.25, -0.2) is 0 Å². The van der Waals surface area contributed by atoms with E-state index in [1.807, 2.05) is 18.2 Å². The summed E-state index contributed by atoms with van der Waals surface area (Å²) >= 11 is 0. The molecule has 0 atom stereocenters. The van der Waals surface area contributed by atoms with Gasteiger partial charge in [0.05, 0.1) is 0 Å². The third-order valence-electron chi connectivity index (χ3n) is 0.917. The summed E-state index contributed by atoms with van der Waals surface area (Å²) in [6.45, 7) is 3.74. The zero-order valence-corrected chi connectivity index (χ0v) is 5.04. The van der Waals surface area contributed by atoms with Crippen LogP contribution in [0.3, 0.4) is 0 Å². The van der Waals surface area contributed by atoms with Crippen LogP contribution in [-0.4, -0.2) is 6.21 Å². The molecule has 1 aliphatic heterocycles. The van der Waals surface area contributed by atoms with Crippen molar-refractivity contribution in [1.29, 1.82) is 0 Å². The molecule has 0 saturated carbocycles. The predicted molar refractivity (Wildman–Crippen MR) is 39.0 cm³/mol. The van der Waals surface area contributed by atoms with Crippen molar-refractivity contribution in [1.82, 2.24) is 5.43 Å². The van der Waals surface area contributed by atoms with Gasteiger partial charge in [-0.05, 0) is 17.7 Å². The molecule has 1 N–H and O–H groups in total. The van der Waals surface area contributed by atoms with Gasteiger partial charge in [-0.1, -0.05) is 12.7 Å². The van der Waals surface area contributed by atoms with Crippen LogP contribution in [0.5, 0.6) is 0 Å². The van der Waals surface area contributed by atoms with E-state index >= 15 is 0 Å². The predicted octanol–water partition coefficient (Wildman–Crippen LogP) is 1.20. The van der Waals surface area contributed by atoms with E-state index in [2.05, 4.69) is 17.1 Å². The standard InChI is InChI=1S/C7H8N2/c1-7-3-2-5-8-9-6-4-7/h2-6,9H,1H2/b3-2-,6-4-,8-5-. The van der Waals surface area contributed by atoms with Gasteiger partial charge in [0.1, 0.15) is 0 Å². The fraction of sp³-hybridized carbons (Fsp3) is 0. The van der Waals surface area contributed by atoms with E-state index in [-0.39, 0.29) is 0 Å². The number of nitrogens with one attached hydrogen (secondary N) is 1. The summed E-state index contributed by atoms with van der Waals surface area (Å²) in [5.74, 6) is 0. The van der Waals surface area contributed by atoms with Gasteiger partial charge >= 0.3 is 0 Å². The fourth-order valence-corrected chi connectivity index (χ4v) is 0.496. The lowest BCUT2D eigenvalue weighted by Crippen LogP contribution is -1.93. The van der Waals surface area contributed by atoms with E-state index in [9.17, 15) is 0 Å². The minimum absolute atomic E-state index is 0.966. The molecule has 0 aliphatic carbocycles. The monoisotopic (exact) mass is 120 g/mol. The van der Waals surface area contributed by atoms with Gasteiger partial charge in [-0.2, -0.15) is 5.10 Å². The SMILES string of the molecule is C=C1/C=C\C=N/N/C=C\1. The van der Waals surface area contributed by atoms with E-state index in [4.69, 9.17) is 0 Å². The van der Waals surface area contributed by atoms with Gasteiger partial charge in [-0.3, -0.25) is 5.43 Å². The number of hydrogen-bond acceptors (Lipinski definition) is 2. The fourth-order valence-electron chi connectivity index (χ4n) is 0.496. The second-order valence-electron chi connectivity index (χ2n) is 1.67. The summed E-state index contributed by atoms with van der Waals surface area (Å²) in [4.78, 5) is 0. The van der Waals surface area contributed by atoms with E-state index in [0.717, 1.165) is 5.57 Å². The Morgan fingerprint density at radius 3 is 3.22 bits per heavy atom. The molecule has 0 aromatic heterocycles. The topological polar surface area (TPSA) is 24.4 Å². The molecule has 1 rings (SSSR count). The molecule has 1 heterocycles. The molecule has 0 saturated heterocycles. The number of hydrogen-bond donors (Lipinski definition) is 1. The highest BCUT2D eigenvalue weighted by molar-refractivity contribution is 5.72. The Hall–Kier alpha value is -1.31. The summed E-state index contributed by atoms with van der Waals surface area (Å²) < 4.78 is 0. The van der Waals surface area contributed by atoms with Crippen LogP contribution in [-0.2, 0) is 0 Å². The van der Waals surface area contributed by atoms with Crippen molar-refractivity contribution in [3.8, 4) is 0 Å². The molecule has 0 spiro atoms. The van der Waals surface area contributed by atoms with Crippen molar-refractivity contribution in [2.24, 2.45) is 5.10 Å². The smallest absolute Gasteiger partial charge is 0.0472 e. The lowest BCUT2D eigenvalue weighted by molar-refractivity contribution is 0.974. The van der Waals surface area contributed by atoms with Gasteiger partial charge in [0, 0.05) is 12.4 Å². The Bertz CT molecular complexity index is 187. The molecule has 0 aromatic rings. The van der Waals surface area contributed by atoms with Crippen molar-refractivity contribution in [3.05, 3.63) is 36.6 Å². The van der Waals surface area contributed by atoms with Gasteiger partial charge in [0.15, 0.2) is 0 Å². The molecule has 0 unspecified atom stereocenters. The molecule has 0 bridgehead atoms. The summed E-state index contributed by atoms with van der Waals surface area (Å²) in [7, 11) is 0. The van der Waals surface area contributed by atoms with Crippen LogP contribution in [0.1, 0.15) is 0 Å². The second-order valence-corrected chi connectivity index (χ2v) is 1.67. The van der Waals surface area contributed by atoms with Gasteiger partial charge in [-0.15, -0.1) is 0 Å². The molecule has 0 radical (unpaired) electrons. The minimum Gasteiger partial charge on any atom is -0.286 e. The largest absolute Gasteiger partial charge is 0.286 e. The maximum Gasteiger partial charge on any atom is 0.0472 e. The molecular formula is C7H8N2. The van der Waals surface area contributed by atoms with Crippen LogP contribution in [0, 0.1) is 0 Å². The molecule has 1 aliphatic rings. The Labute approximate surface area is 54.3 Å². The van der Waals surface area contributed by atoms with Crippen LogP contribution in [0.2, 0.25) is 0 Å². The van der Waals surface area contributed by atoms with E-state index < -0.39 is 0 Å². The highest BCUT2D eigenvalue weighted by Gasteiger charge is 1.79. The number of allylic oxidation sites excluding steroid dienone is 4. The molecule has 0 amide bonds. The summed E-state index contributed by atoms with van der Waals surface area (Å²) in [6.07, 6.45) is 8.99. The van der Waals surface area contributed by atoms with E-state index in [1.165, 1.54) is 0 Å². The van der Waals surface area contributed by atoms with Crippen molar-refractivity contribution < 1.29 is 0 Å². The first-order valence-corrected chi connectivity index (χ1v) is 2.70. The number of rotatable bonds is 0. The highest BCUT2D eigenvalue weighted by atomic mass is 15.3. The Morgan fingerprint density at radius 2 is 2.33 bits per heavy atom. The van der Waals surface area contributed by atoms with Crippen LogP contribution in [0.15, 0.2) is 41.7 Å². The number of nitrogens with zero attached hydrogens (tertiary/aromatic N) is 1. The minimum atomic E-state index is 0.966. The third kappa shape index (κ3) is 1.95. The molecule has 2 heteroatoms. The average molecular weight is 120 g/mol. The van der Waals surface area contributed by atoms with Crippen molar-refractivity contribution in [2.45, 2.75) is 0 Å². The average Bonchev–Trinajstić information content (AvgIpc) is 1.79. The van der Waals surface area contributed by atoms with Gasteiger partial charge < -0.3 is 0 Å². The summed E-state index contributed by atoms with van der Waals surface area (Å²) in [6, 6.07) is 0. The quantitative estimate of drug-likeness (QED) is 0.510. The zero-order valence-electron chi connectivity index (χ0n) is 5.04. The molecule has 9 heavy (non-hydrogen) atoms. The van der Waals surface area contributed by atoms with Gasteiger partial charge in [0.2, 0.25) is 0 Å². The van der Waals surface area contributed by atoms with Crippen LogP contribution < -0.4 is 5.43 Å². The summed E-state index contributed by atoms with van der Waals surface area (Å²) in [5, 5.41) is 3.78.